The number of hydrogen-bond donors (Lipinski definition) is 2. The van der Waals surface area contributed by atoms with Gasteiger partial charge in [-0.05, 0) is 85.8 Å². The van der Waals surface area contributed by atoms with E-state index in [0.717, 1.165) is 35.1 Å². The summed E-state index contributed by atoms with van der Waals surface area (Å²) in [7, 11) is 0. The van der Waals surface area contributed by atoms with Crippen LogP contribution in [0.15, 0.2) is 60.7 Å². The first-order valence-electron chi connectivity index (χ1n) is 10.2. The number of benzene rings is 2. The number of allylic oxidation sites excluding steroid dienone is 2. The van der Waals surface area contributed by atoms with Gasteiger partial charge in [0, 0.05) is 0 Å². The third kappa shape index (κ3) is 5.28. The van der Waals surface area contributed by atoms with Gasteiger partial charge in [0.1, 0.15) is 11.5 Å². The highest BCUT2D eigenvalue weighted by Crippen LogP contribution is 2.40. The van der Waals surface area contributed by atoms with Crippen LogP contribution in [-0.2, 0) is 12.8 Å². The average Bonchev–Trinajstić information content (AvgIpc) is 2.63. The maximum atomic E-state index is 10.2. The molecule has 2 nitrogen and oxygen atoms in total. The Kier molecular flexibility index (Phi) is 7.51. The molecule has 2 heteroatoms. The molecule has 0 radical (unpaired) electrons. The van der Waals surface area contributed by atoms with Crippen LogP contribution in [0.25, 0.3) is 0 Å². The van der Waals surface area contributed by atoms with Crippen molar-refractivity contribution in [2.24, 2.45) is 0 Å². The van der Waals surface area contributed by atoms with Gasteiger partial charge in [-0.25, -0.2) is 0 Å². The summed E-state index contributed by atoms with van der Waals surface area (Å²) in [4.78, 5) is 0. The molecule has 0 saturated carbocycles. The molecule has 0 saturated heterocycles. The second-order valence-corrected chi connectivity index (χ2v) is 8.07. The SMILES string of the molecule is C=C(C)Cc1cc(C(CC)C(CC)c2ccc(O)c(CC(=C)C)c2)ccc1O. The van der Waals surface area contributed by atoms with Gasteiger partial charge in [0.25, 0.3) is 0 Å². The Morgan fingerprint density at radius 2 is 1.11 bits per heavy atom. The molecule has 2 aromatic rings. The molecule has 2 rings (SSSR count). The van der Waals surface area contributed by atoms with E-state index in [2.05, 4.69) is 39.1 Å². The first-order valence-corrected chi connectivity index (χ1v) is 10.2. The zero-order valence-corrected chi connectivity index (χ0v) is 17.8. The van der Waals surface area contributed by atoms with Gasteiger partial charge in [-0.2, -0.15) is 0 Å². The molecule has 0 fully saturated rings. The third-order valence-electron chi connectivity index (χ3n) is 5.41. The van der Waals surface area contributed by atoms with Crippen LogP contribution in [0.1, 0.15) is 74.6 Å². The van der Waals surface area contributed by atoms with Gasteiger partial charge in [0.2, 0.25) is 0 Å². The second-order valence-electron chi connectivity index (χ2n) is 8.07. The monoisotopic (exact) mass is 378 g/mol. The lowest BCUT2D eigenvalue weighted by atomic mass is 9.77. The average molecular weight is 379 g/mol. The summed E-state index contributed by atoms with van der Waals surface area (Å²) in [5.74, 6) is 1.36. The van der Waals surface area contributed by atoms with Crippen LogP contribution in [0.3, 0.4) is 0 Å². The van der Waals surface area contributed by atoms with Crippen LogP contribution in [0, 0.1) is 0 Å². The number of rotatable bonds is 9. The minimum Gasteiger partial charge on any atom is -0.508 e. The molecule has 28 heavy (non-hydrogen) atoms. The molecule has 0 aliphatic heterocycles. The molecule has 0 amide bonds. The fraction of sp³-hybridized carbons (Fsp3) is 0.385. The third-order valence-corrected chi connectivity index (χ3v) is 5.41. The predicted octanol–water partition coefficient (Wildman–Crippen LogP) is 7.02. The minimum atomic E-state index is 0.336. The topological polar surface area (TPSA) is 40.5 Å². The van der Waals surface area contributed by atoms with E-state index < -0.39 is 0 Å². The van der Waals surface area contributed by atoms with Crippen LogP contribution < -0.4 is 0 Å². The molecular weight excluding hydrogens is 344 g/mol. The van der Waals surface area contributed by atoms with Gasteiger partial charge in [-0.1, -0.05) is 62.4 Å². The highest BCUT2D eigenvalue weighted by atomic mass is 16.3. The summed E-state index contributed by atoms with van der Waals surface area (Å²) in [5.41, 5.74) is 6.45. The lowest BCUT2D eigenvalue weighted by Crippen LogP contribution is -2.11. The molecule has 0 aliphatic carbocycles. The second kappa shape index (κ2) is 9.64. The van der Waals surface area contributed by atoms with Crippen molar-refractivity contribution in [3.8, 4) is 11.5 Å². The smallest absolute Gasteiger partial charge is 0.119 e. The molecule has 0 spiro atoms. The van der Waals surface area contributed by atoms with Crippen LogP contribution >= 0.6 is 0 Å². The Morgan fingerprint density at radius 1 is 0.750 bits per heavy atom. The first-order chi connectivity index (χ1) is 13.3. The van der Waals surface area contributed by atoms with E-state index >= 15 is 0 Å². The van der Waals surface area contributed by atoms with E-state index in [-0.39, 0.29) is 0 Å². The van der Waals surface area contributed by atoms with Crippen LogP contribution in [-0.4, -0.2) is 10.2 Å². The molecule has 0 aromatic heterocycles. The van der Waals surface area contributed by atoms with E-state index in [9.17, 15) is 10.2 Å². The molecule has 0 bridgehead atoms. The summed E-state index contributed by atoms with van der Waals surface area (Å²) >= 11 is 0. The van der Waals surface area contributed by atoms with Crippen molar-refractivity contribution < 1.29 is 10.2 Å². The zero-order chi connectivity index (χ0) is 20.8. The van der Waals surface area contributed by atoms with Gasteiger partial charge in [-0.15, -0.1) is 0 Å². The van der Waals surface area contributed by atoms with Crippen LogP contribution in [0.2, 0.25) is 0 Å². The fourth-order valence-corrected chi connectivity index (χ4v) is 4.11. The van der Waals surface area contributed by atoms with E-state index in [4.69, 9.17) is 0 Å². The van der Waals surface area contributed by atoms with E-state index in [1.807, 2.05) is 38.1 Å². The van der Waals surface area contributed by atoms with E-state index in [1.54, 1.807) is 0 Å². The number of hydrogen-bond acceptors (Lipinski definition) is 2. The lowest BCUT2D eigenvalue weighted by Gasteiger charge is -2.27. The van der Waals surface area contributed by atoms with Crippen molar-refractivity contribution in [1.29, 1.82) is 0 Å². The summed E-state index contributed by atoms with van der Waals surface area (Å²) in [6.45, 7) is 16.4. The Hall–Kier alpha value is -2.48. The summed E-state index contributed by atoms with van der Waals surface area (Å²) < 4.78 is 0. The molecule has 2 N–H and O–H groups in total. The quantitative estimate of drug-likeness (QED) is 0.460. The first kappa shape index (κ1) is 21.8. The Morgan fingerprint density at radius 3 is 1.39 bits per heavy atom. The van der Waals surface area contributed by atoms with Crippen molar-refractivity contribution in [2.45, 2.75) is 65.2 Å². The fourth-order valence-electron chi connectivity index (χ4n) is 4.11. The standard InChI is InChI=1S/C26H34O2/c1-7-23(19-9-11-25(27)21(15-19)13-17(3)4)24(8-2)20-10-12-26(28)22(16-20)14-18(5)6/h9-12,15-16,23-24,27-28H,3,5,7-8,13-14H2,1-2,4,6H3. The van der Waals surface area contributed by atoms with Gasteiger partial charge in [-0.3, -0.25) is 0 Å². The summed E-state index contributed by atoms with van der Waals surface area (Å²) in [6, 6.07) is 12.0. The maximum Gasteiger partial charge on any atom is 0.119 e. The molecule has 2 aromatic carbocycles. The zero-order valence-electron chi connectivity index (χ0n) is 17.8. The lowest BCUT2D eigenvalue weighted by molar-refractivity contribution is 0.464. The minimum absolute atomic E-state index is 0.336. The van der Waals surface area contributed by atoms with E-state index in [1.165, 1.54) is 11.1 Å². The Bertz CT molecular complexity index is 776. The van der Waals surface area contributed by atoms with Crippen molar-refractivity contribution >= 4 is 0 Å². The maximum absolute atomic E-state index is 10.2. The number of aromatic hydroxyl groups is 2. The molecule has 0 aliphatic rings. The highest BCUT2D eigenvalue weighted by Gasteiger charge is 2.23. The molecular formula is C26H34O2. The van der Waals surface area contributed by atoms with Crippen molar-refractivity contribution in [3.63, 3.8) is 0 Å². The van der Waals surface area contributed by atoms with Crippen LogP contribution in [0.4, 0.5) is 0 Å². The summed E-state index contributed by atoms with van der Waals surface area (Å²) in [5, 5.41) is 20.4. The van der Waals surface area contributed by atoms with E-state index in [0.29, 0.717) is 36.2 Å². The predicted molar refractivity (Wildman–Crippen MR) is 119 cm³/mol. The number of phenols is 2. The normalized spacial score (nSPS) is 13.1. The summed E-state index contributed by atoms with van der Waals surface area (Å²) in [6.07, 6.45) is 3.39. The molecule has 2 unspecified atom stereocenters. The molecule has 150 valence electrons. The van der Waals surface area contributed by atoms with Crippen molar-refractivity contribution in [3.05, 3.63) is 83.0 Å². The van der Waals surface area contributed by atoms with Gasteiger partial charge >= 0.3 is 0 Å². The van der Waals surface area contributed by atoms with Crippen molar-refractivity contribution in [2.75, 3.05) is 0 Å². The molecule has 0 heterocycles. The van der Waals surface area contributed by atoms with Gasteiger partial charge in [0.05, 0.1) is 0 Å². The van der Waals surface area contributed by atoms with Gasteiger partial charge < -0.3 is 10.2 Å². The largest absolute Gasteiger partial charge is 0.508 e. The number of phenolic OH excluding ortho intramolecular Hbond substituents is 2. The molecule has 2 atom stereocenters. The van der Waals surface area contributed by atoms with Gasteiger partial charge in [0.15, 0.2) is 0 Å². The Balaban J connectivity index is 2.44. The van der Waals surface area contributed by atoms with Crippen LogP contribution in [0.5, 0.6) is 11.5 Å². The highest BCUT2D eigenvalue weighted by molar-refractivity contribution is 5.43. The van der Waals surface area contributed by atoms with Crippen molar-refractivity contribution in [1.82, 2.24) is 0 Å². The Labute approximate surface area is 170 Å².